The zero-order chi connectivity index (χ0) is 21.1. The van der Waals surface area contributed by atoms with E-state index >= 15 is 0 Å². The Bertz CT molecular complexity index is 1100. The molecule has 3 nitrogen and oxygen atoms in total. The molecule has 0 saturated carbocycles. The molecule has 1 amide bonds. The first-order valence-electron chi connectivity index (χ1n) is 9.96. The van der Waals surface area contributed by atoms with Gasteiger partial charge in [0.2, 0.25) is 0 Å². The van der Waals surface area contributed by atoms with Gasteiger partial charge in [0.25, 0.3) is 5.91 Å². The molecule has 1 fully saturated rings. The van der Waals surface area contributed by atoms with Gasteiger partial charge in [0.05, 0.1) is 5.56 Å². The summed E-state index contributed by atoms with van der Waals surface area (Å²) in [5.74, 6) is -0.652. The van der Waals surface area contributed by atoms with E-state index in [0.717, 1.165) is 27.8 Å². The normalized spacial score (nSPS) is 14.0. The van der Waals surface area contributed by atoms with Crippen LogP contribution in [0.15, 0.2) is 72.6 Å². The average molecular weight is 404 g/mol. The molecular weight excluding hydrogens is 382 g/mol. The van der Waals surface area contributed by atoms with Crippen LogP contribution >= 0.6 is 0 Å². The second-order valence-electron chi connectivity index (χ2n) is 7.54. The summed E-state index contributed by atoms with van der Waals surface area (Å²) in [6.07, 6.45) is 4.67. The lowest BCUT2D eigenvalue weighted by Crippen LogP contribution is -2.36. The van der Waals surface area contributed by atoms with Gasteiger partial charge in [-0.25, -0.2) is 8.78 Å². The van der Waals surface area contributed by atoms with Crippen molar-refractivity contribution in [2.24, 2.45) is 0 Å². The van der Waals surface area contributed by atoms with Crippen LogP contribution in [0.25, 0.3) is 5.57 Å². The predicted molar refractivity (Wildman–Crippen MR) is 113 cm³/mol. The molecule has 2 aromatic carbocycles. The fourth-order valence-corrected chi connectivity index (χ4v) is 3.92. The fraction of sp³-hybridized carbons (Fsp3) is 0.200. The van der Waals surface area contributed by atoms with E-state index in [1.807, 2.05) is 24.0 Å². The summed E-state index contributed by atoms with van der Waals surface area (Å²) in [6, 6.07) is 14.6. The first-order valence-corrected chi connectivity index (χ1v) is 9.96. The number of likely N-dealkylation sites (tertiary alicyclic amines) is 1. The quantitative estimate of drug-likeness (QED) is 0.585. The largest absolute Gasteiger partial charge is 0.338 e. The highest BCUT2D eigenvalue weighted by Gasteiger charge is 2.23. The molecule has 0 spiro atoms. The zero-order valence-corrected chi connectivity index (χ0v) is 16.7. The number of carbonyl (C=O) groups is 1. The number of rotatable bonds is 3. The van der Waals surface area contributed by atoms with Crippen LogP contribution in [0.4, 0.5) is 8.78 Å². The van der Waals surface area contributed by atoms with Gasteiger partial charge in [-0.05, 0) is 72.4 Å². The SMILES string of the molecule is Cc1cncc(C(=O)N2CCC(=C(c3ccc(F)cc3)c3cccc(F)c3)CC2)c1. The van der Waals surface area contributed by atoms with Crippen LogP contribution in [0, 0.1) is 18.6 Å². The minimum atomic E-state index is -0.313. The first kappa shape index (κ1) is 20.0. The predicted octanol–water partition coefficient (Wildman–Crippen LogP) is 5.41. The Labute approximate surface area is 174 Å². The highest BCUT2D eigenvalue weighted by atomic mass is 19.1. The number of aryl methyl sites for hydroxylation is 1. The number of carbonyl (C=O) groups excluding carboxylic acids is 1. The third-order valence-electron chi connectivity index (χ3n) is 5.38. The number of pyridine rings is 1. The van der Waals surface area contributed by atoms with Crippen molar-refractivity contribution < 1.29 is 13.6 Å². The van der Waals surface area contributed by atoms with Gasteiger partial charge < -0.3 is 4.90 Å². The number of nitrogens with zero attached hydrogens (tertiary/aromatic N) is 2. The molecule has 0 unspecified atom stereocenters. The first-order chi connectivity index (χ1) is 14.5. The summed E-state index contributed by atoms with van der Waals surface area (Å²) in [5, 5.41) is 0. The summed E-state index contributed by atoms with van der Waals surface area (Å²) in [7, 11) is 0. The highest BCUT2D eigenvalue weighted by Crippen LogP contribution is 2.33. The number of amides is 1. The Morgan fingerprint density at radius 1 is 0.867 bits per heavy atom. The maximum absolute atomic E-state index is 13.9. The van der Waals surface area contributed by atoms with Crippen LogP contribution in [0.2, 0.25) is 0 Å². The van der Waals surface area contributed by atoms with Crippen molar-refractivity contribution in [3.8, 4) is 0 Å². The van der Waals surface area contributed by atoms with Gasteiger partial charge in [-0.2, -0.15) is 0 Å². The molecule has 4 rings (SSSR count). The van der Waals surface area contributed by atoms with E-state index in [1.165, 1.54) is 24.3 Å². The average Bonchev–Trinajstić information content (AvgIpc) is 2.75. The maximum Gasteiger partial charge on any atom is 0.255 e. The minimum Gasteiger partial charge on any atom is -0.338 e. The molecule has 1 aromatic heterocycles. The van der Waals surface area contributed by atoms with Crippen LogP contribution in [-0.4, -0.2) is 28.9 Å². The van der Waals surface area contributed by atoms with Crippen molar-refractivity contribution in [1.29, 1.82) is 0 Å². The van der Waals surface area contributed by atoms with Crippen molar-refractivity contribution in [3.05, 3.63) is 106 Å². The number of halogens is 2. The second-order valence-corrected chi connectivity index (χ2v) is 7.54. The van der Waals surface area contributed by atoms with E-state index in [0.29, 0.717) is 31.5 Å². The van der Waals surface area contributed by atoms with Crippen LogP contribution in [-0.2, 0) is 0 Å². The molecule has 5 heteroatoms. The third kappa shape index (κ3) is 4.30. The Morgan fingerprint density at radius 3 is 2.27 bits per heavy atom. The Hall–Kier alpha value is -3.34. The standard InChI is InChI=1S/C25H22F2N2O/c1-17-13-21(16-28-15-17)25(30)29-11-9-19(10-12-29)24(18-5-7-22(26)8-6-18)20-3-2-4-23(27)14-20/h2-8,13-16H,9-12H2,1H3. The van der Waals surface area contributed by atoms with Crippen molar-refractivity contribution in [1.82, 2.24) is 9.88 Å². The van der Waals surface area contributed by atoms with E-state index in [2.05, 4.69) is 4.98 Å². The molecule has 2 heterocycles. The number of aromatic nitrogens is 1. The Morgan fingerprint density at radius 2 is 1.60 bits per heavy atom. The molecule has 0 aliphatic carbocycles. The van der Waals surface area contributed by atoms with E-state index in [1.54, 1.807) is 30.6 Å². The Balaban J connectivity index is 1.64. The van der Waals surface area contributed by atoms with Gasteiger partial charge in [0.1, 0.15) is 11.6 Å². The molecule has 1 saturated heterocycles. The van der Waals surface area contributed by atoms with E-state index in [4.69, 9.17) is 0 Å². The lowest BCUT2D eigenvalue weighted by molar-refractivity contribution is 0.0743. The molecule has 152 valence electrons. The number of hydrogen-bond donors (Lipinski definition) is 0. The minimum absolute atomic E-state index is 0.0284. The lowest BCUT2D eigenvalue weighted by Gasteiger charge is -2.30. The summed E-state index contributed by atoms with van der Waals surface area (Å²) in [4.78, 5) is 18.8. The van der Waals surface area contributed by atoms with Crippen LogP contribution in [0.1, 0.15) is 39.9 Å². The topological polar surface area (TPSA) is 33.2 Å². The molecule has 0 N–H and O–H groups in total. The van der Waals surface area contributed by atoms with Gasteiger partial charge in [-0.1, -0.05) is 29.8 Å². The zero-order valence-electron chi connectivity index (χ0n) is 16.7. The Kier molecular flexibility index (Phi) is 5.70. The molecular formula is C25H22F2N2O. The molecule has 3 aromatic rings. The summed E-state index contributed by atoms with van der Waals surface area (Å²) in [5.41, 5.74) is 5.20. The lowest BCUT2D eigenvalue weighted by atomic mass is 9.88. The smallest absolute Gasteiger partial charge is 0.255 e. The molecule has 0 atom stereocenters. The van der Waals surface area contributed by atoms with Gasteiger partial charge in [-0.15, -0.1) is 0 Å². The van der Waals surface area contributed by atoms with Crippen molar-refractivity contribution >= 4 is 11.5 Å². The highest BCUT2D eigenvalue weighted by molar-refractivity contribution is 5.94. The fourth-order valence-electron chi connectivity index (χ4n) is 3.92. The summed E-state index contributed by atoms with van der Waals surface area (Å²) in [6.45, 7) is 3.05. The number of benzene rings is 2. The molecule has 30 heavy (non-hydrogen) atoms. The number of hydrogen-bond acceptors (Lipinski definition) is 2. The van der Waals surface area contributed by atoms with E-state index < -0.39 is 0 Å². The summed E-state index contributed by atoms with van der Waals surface area (Å²) >= 11 is 0. The van der Waals surface area contributed by atoms with Gasteiger partial charge in [0, 0.05) is 25.5 Å². The monoisotopic (exact) mass is 404 g/mol. The van der Waals surface area contributed by atoms with Gasteiger partial charge >= 0.3 is 0 Å². The molecule has 0 bridgehead atoms. The summed E-state index contributed by atoms with van der Waals surface area (Å²) < 4.78 is 27.4. The number of piperidine rings is 1. The van der Waals surface area contributed by atoms with Crippen LogP contribution in [0.3, 0.4) is 0 Å². The third-order valence-corrected chi connectivity index (χ3v) is 5.38. The van der Waals surface area contributed by atoms with Crippen LogP contribution < -0.4 is 0 Å². The molecule has 0 radical (unpaired) electrons. The van der Waals surface area contributed by atoms with Crippen molar-refractivity contribution in [3.63, 3.8) is 0 Å². The van der Waals surface area contributed by atoms with Gasteiger partial charge in [-0.3, -0.25) is 9.78 Å². The van der Waals surface area contributed by atoms with Crippen LogP contribution in [0.5, 0.6) is 0 Å². The molecule has 1 aliphatic heterocycles. The van der Waals surface area contributed by atoms with Gasteiger partial charge in [0.15, 0.2) is 0 Å². The second kappa shape index (κ2) is 8.57. The van der Waals surface area contributed by atoms with E-state index in [9.17, 15) is 13.6 Å². The van der Waals surface area contributed by atoms with E-state index in [-0.39, 0.29) is 17.5 Å². The van der Waals surface area contributed by atoms with Crippen molar-refractivity contribution in [2.75, 3.05) is 13.1 Å². The maximum atomic E-state index is 13.9. The molecule has 1 aliphatic rings. The van der Waals surface area contributed by atoms with Crippen molar-refractivity contribution in [2.45, 2.75) is 19.8 Å².